The Balaban J connectivity index is 1.68. The van der Waals surface area contributed by atoms with Crippen LogP contribution in [0.15, 0.2) is 18.2 Å². The molecule has 0 saturated heterocycles. The van der Waals surface area contributed by atoms with E-state index < -0.39 is 5.82 Å². The molecule has 2 saturated carbocycles. The average molecular weight is 248 g/mol. The van der Waals surface area contributed by atoms with Crippen molar-refractivity contribution < 1.29 is 13.9 Å². The van der Waals surface area contributed by atoms with Gasteiger partial charge < -0.3 is 4.74 Å². The smallest absolute Gasteiger partial charge is 0.165 e. The lowest BCUT2D eigenvalue weighted by atomic mass is 9.89. The molecule has 2 aliphatic carbocycles. The van der Waals surface area contributed by atoms with E-state index in [2.05, 4.69) is 0 Å². The van der Waals surface area contributed by atoms with Crippen LogP contribution in [0.4, 0.5) is 4.39 Å². The molecule has 2 fully saturated rings. The van der Waals surface area contributed by atoms with Crippen molar-refractivity contribution in [1.29, 1.82) is 0 Å². The van der Waals surface area contributed by atoms with Crippen molar-refractivity contribution in [3.8, 4) is 5.75 Å². The largest absolute Gasteiger partial charge is 0.489 e. The van der Waals surface area contributed by atoms with Gasteiger partial charge in [-0.05, 0) is 49.1 Å². The van der Waals surface area contributed by atoms with Crippen LogP contribution in [0.25, 0.3) is 0 Å². The monoisotopic (exact) mass is 248 g/mol. The Morgan fingerprint density at radius 3 is 2.89 bits per heavy atom. The zero-order chi connectivity index (χ0) is 12.5. The molecule has 3 atom stereocenters. The number of aldehydes is 1. The molecule has 0 N–H and O–H groups in total. The first-order valence-electron chi connectivity index (χ1n) is 6.64. The van der Waals surface area contributed by atoms with Crippen LogP contribution in [0.2, 0.25) is 0 Å². The number of fused-ring (bicyclic) bond motifs is 2. The first kappa shape index (κ1) is 11.7. The third kappa shape index (κ3) is 2.02. The number of benzene rings is 1. The van der Waals surface area contributed by atoms with Crippen LogP contribution in [0, 0.1) is 23.6 Å². The molecule has 0 aromatic heterocycles. The second-order valence-electron chi connectivity index (χ2n) is 5.52. The van der Waals surface area contributed by atoms with Gasteiger partial charge in [0.05, 0.1) is 12.2 Å². The highest BCUT2D eigenvalue weighted by Gasteiger charge is 2.39. The predicted molar refractivity (Wildman–Crippen MR) is 66.2 cm³/mol. The summed E-state index contributed by atoms with van der Waals surface area (Å²) in [5, 5.41) is 0. The van der Waals surface area contributed by atoms with Gasteiger partial charge in [-0.3, -0.25) is 4.79 Å². The number of para-hydroxylation sites is 1. The number of ether oxygens (including phenoxy) is 1. The fraction of sp³-hybridized carbons (Fsp3) is 0.533. The number of rotatable bonds is 4. The minimum absolute atomic E-state index is 0.121. The van der Waals surface area contributed by atoms with Crippen LogP contribution in [-0.4, -0.2) is 12.9 Å². The van der Waals surface area contributed by atoms with E-state index in [-0.39, 0.29) is 5.75 Å². The fourth-order valence-corrected chi connectivity index (χ4v) is 3.54. The van der Waals surface area contributed by atoms with Crippen LogP contribution in [0.5, 0.6) is 5.75 Å². The minimum atomic E-state index is -0.442. The summed E-state index contributed by atoms with van der Waals surface area (Å²) in [6.45, 7) is 0.545. The molecule has 0 amide bonds. The van der Waals surface area contributed by atoms with Gasteiger partial charge in [-0.1, -0.05) is 12.5 Å². The Morgan fingerprint density at radius 1 is 1.33 bits per heavy atom. The van der Waals surface area contributed by atoms with E-state index in [1.54, 1.807) is 6.07 Å². The van der Waals surface area contributed by atoms with Crippen LogP contribution in [0.3, 0.4) is 0 Å². The molecule has 2 nitrogen and oxygen atoms in total. The van der Waals surface area contributed by atoms with E-state index in [9.17, 15) is 9.18 Å². The molecule has 0 radical (unpaired) electrons. The second-order valence-corrected chi connectivity index (χ2v) is 5.52. The molecular weight excluding hydrogens is 231 g/mol. The number of carbonyl (C=O) groups excluding carboxylic acids is 1. The van der Waals surface area contributed by atoms with Crippen LogP contribution >= 0.6 is 0 Å². The first-order valence-corrected chi connectivity index (χ1v) is 6.64. The van der Waals surface area contributed by atoms with Gasteiger partial charge in [-0.2, -0.15) is 0 Å². The molecule has 18 heavy (non-hydrogen) atoms. The van der Waals surface area contributed by atoms with Crippen molar-refractivity contribution in [3.63, 3.8) is 0 Å². The maximum Gasteiger partial charge on any atom is 0.165 e. The van der Waals surface area contributed by atoms with E-state index in [0.29, 0.717) is 24.4 Å². The van der Waals surface area contributed by atoms with Gasteiger partial charge in [-0.15, -0.1) is 0 Å². The lowest BCUT2D eigenvalue weighted by molar-refractivity contribution is 0.111. The van der Waals surface area contributed by atoms with Crippen molar-refractivity contribution in [2.24, 2.45) is 17.8 Å². The van der Waals surface area contributed by atoms with Crippen molar-refractivity contribution in [1.82, 2.24) is 0 Å². The van der Waals surface area contributed by atoms with Gasteiger partial charge in [0.25, 0.3) is 0 Å². The van der Waals surface area contributed by atoms with Crippen molar-refractivity contribution in [3.05, 3.63) is 29.6 Å². The summed E-state index contributed by atoms with van der Waals surface area (Å²) in [5.74, 6) is 1.83. The Bertz CT molecular complexity index is 458. The summed E-state index contributed by atoms with van der Waals surface area (Å²) in [7, 11) is 0. The standard InChI is InChI=1S/C15H17FO2/c16-14-3-1-2-12(8-17)15(14)18-9-13-7-10-4-5-11(13)6-10/h1-3,8,10-11,13H,4-7,9H2. The number of halogens is 1. The number of carbonyl (C=O) groups is 1. The summed E-state index contributed by atoms with van der Waals surface area (Å²) >= 11 is 0. The molecule has 2 aliphatic rings. The lowest BCUT2D eigenvalue weighted by Crippen LogP contribution is -2.19. The van der Waals surface area contributed by atoms with Gasteiger partial charge in [0.1, 0.15) is 0 Å². The van der Waals surface area contributed by atoms with Crippen molar-refractivity contribution in [2.75, 3.05) is 6.61 Å². The Morgan fingerprint density at radius 2 is 2.22 bits per heavy atom. The van der Waals surface area contributed by atoms with E-state index in [0.717, 1.165) is 11.8 Å². The van der Waals surface area contributed by atoms with Crippen LogP contribution < -0.4 is 4.74 Å². The molecule has 0 heterocycles. The van der Waals surface area contributed by atoms with Gasteiger partial charge in [0.2, 0.25) is 0 Å². The summed E-state index contributed by atoms with van der Waals surface area (Å²) in [5.41, 5.74) is 0.304. The topological polar surface area (TPSA) is 26.3 Å². The second kappa shape index (κ2) is 4.71. The highest BCUT2D eigenvalue weighted by molar-refractivity contribution is 5.79. The molecule has 3 heteroatoms. The molecule has 3 unspecified atom stereocenters. The van der Waals surface area contributed by atoms with E-state index in [4.69, 9.17) is 4.74 Å². The van der Waals surface area contributed by atoms with Gasteiger partial charge in [-0.25, -0.2) is 4.39 Å². The SMILES string of the molecule is O=Cc1cccc(F)c1OCC1CC2CCC1C2. The molecule has 3 rings (SSSR count). The first-order chi connectivity index (χ1) is 8.78. The van der Waals surface area contributed by atoms with Gasteiger partial charge in [0.15, 0.2) is 17.9 Å². The Labute approximate surface area is 106 Å². The highest BCUT2D eigenvalue weighted by Crippen LogP contribution is 2.48. The normalized spacial score (nSPS) is 29.5. The third-order valence-corrected chi connectivity index (χ3v) is 4.45. The summed E-state index contributed by atoms with van der Waals surface area (Å²) in [6, 6.07) is 4.46. The minimum Gasteiger partial charge on any atom is -0.489 e. The van der Waals surface area contributed by atoms with Gasteiger partial charge in [0, 0.05) is 0 Å². The van der Waals surface area contributed by atoms with E-state index >= 15 is 0 Å². The third-order valence-electron chi connectivity index (χ3n) is 4.45. The zero-order valence-corrected chi connectivity index (χ0v) is 10.3. The maximum atomic E-state index is 13.6. The Hall–Kier alpha value is -1.38. The zero-order valence-electron chi connectivity index (χ0n) is 10.3. The molecule has 0 spiro atoms. The molecule has 0 aliphatic heterocycles. The van der Waals surface area contributed by atoms with Crippen molar-refractivity contribution >= 4 is 6.29 Å². The van der Waals surface area contributed by atoms with Crippen LogP contribution in [0.1, 0.15) is 36.0 Å². The molecule has 2 bridgehead atoms. The molecule has 96 valence electrons. The quantitative estimate of drug-likeness (QED) is 0.763. The fourth-order valence-electron chi connectivity index (χ4n) is 3.54. The lowest BCUT2D eigenvalue weighted by Gasteiger charge is -2.22. The summed E-state index contributed by atoms with van der Waals surface area (Å²) in [6.07, 6.45) is 5.80. The van der Waals surface area contributed by atoms with E-state index in [1.807, 2.05) is 0 Å². The molecule has 1 aromatic rings. The summed E-state index contributed by atoms with van der Waals surface area (Å²) in [4.78, 5) is 10.9. The maximum absolute atomic E-state index is 13.6. The average Bonchev–Trinajstić information content (AvgIpc) is 2.99. The summed E-state index contributed by atoms with van der Waals surface area (Å²) < 4.78 is 19.2. The molecular formula is C15H17FO2. The predicted octanol–water partition coefficient (Wildman–Crippen LogP) is 3.45. The van der Waals surface area contributed by atoms with Gasteiger partial charge >= 0.3 is 0 Å². The van der Waals surface area contributed by atoms with Crippen LogP contribution in [-0.2, 0) is 0 Å². The van der Waals surface area contributed by atoms with E-state index in [1.165, 1.54) is 37.8 Å². The molecule has 1 aromatic carbocycles. The number of hydrogen-bond donors (Lipinski definition) is 0. The van der Waals surface area contributed by atoms with Crippen molar-refractivity contribution in [2.45, 2.75) is 25.7 Å². The highest BCUT2D eigenvalue weighted by atomic mass is 19.1. The Kier molecular flexibility index (Phi) is 3.06. The number of hydrogen-bond acceptors (Lipinski definition) is 2.